The molecule has 6 heteroatoms. The first-order chi connectivity index (χ1) is 29.3. The normalized spacial score (nSPS) is 11.5. The van der Waals surface area contributed by atoms with Crippen molar-refractivity contribution in [3.63, 3.8) is 0 Å². The van der Waals surface area contributed by atoms with E-state index in [9.17, 15) is 0 Å². The summed E-state index contributed by atoms with van der Waals surface area (Å²) in [6, 6.07) is 29.0. The minimum absolute atomic E-state index is 0.0819. The van der Waals surface area contributed by atoms with E-state index in [1.165, 1.54) is 0 Å². The highest BCUT2D eigenvalue weighted by Crippen LogP contribution is 2.50. The molecule has 0 aliphatic rings. The lowest BCUT2D eigenvalue weighted by molar-refractivity contribution is -0.142. The van der Waals surface area contributed by atoms with Gasteiger partial charge in [0.2, 0.25) is 0 Å². The van der Waals surface area contributed by atoms with Crippen LogP contribution in [0.5, 0.6) is 34.5 Å². The number of rotatable bonds is 15. The molecule has 0 heterocycles. The van der Waals surface area contributed by atoms with E-state index in [2.05, 4.69) is 119 Å². The molecule has 62 heavy (non-hydrogen) atoms. The molecule has 6 rings (SSSR count). The van der Waals surface area contributed by atoms with Gasteiger partial charge in [0.05, 0.1) is 0 Å². The fourth-order valence-corrected chi connectivity index (χ4v) is 8.03. The lowest BCUT2D eigenvalue weighted by Gasteiger charge is -2.31. The number of aryl methyl sites for hydroxylation is 10. The van der Waals surface area contributed by atoms with E-state index < -0.39 is 13.0 Å². The van der Waals surface area contributed by atoms with Gasteiger partial charge in [-0.05, 0) is 175 Å². The van der Waals surface area contributed by atoms with Crippen molar-refractivity contribution in [2.24, 2.45) is 0 Å². The second-order valence-corrected chi connectivity index (χ2v) is 17.9. The van der Waals surface area contributed by atoms with Gasteiger partial charge in [0.1, 0.15) is 34.5 Å². The van der Waals surface area contributed by atoms with Crippen LogP contribution in [0.25, 0.3) is 11.1 Å². The topological polar surface area (TPSA) is 55.4 Å². The molecule has 6 aromatic rings. The van der Waals surface area contributed by atoms with Gasteiger partial charge >= 0.3 is 13.0 Å². The van der Waals surface area contributed by atoms with Crippen LogP contribution in [-0.4, -0.2) is 13.0 Å². The number of benzene rings is 6. The first kappa shape index (κ1) is 45.6. The van der Waals surface area contributed by atoms with Gasteiger partial charge in [-0.2, -0.15) is 0 Å². The Morgan fingerprint density at radius 1 is 0.306 bits per heavy atom. The van der Waals surface area contributed by atoms with Crippen LogP contribution in [0.4, 0.5) is 0 Å². The van der Waals surface area contributed by atoms with Gasteiger partial charge in [0, 0.05) is 11.1 Å². The van der Waals surface area contributed by atoms with Gasteiger partial charge in [0.15, 0.2) is 0 Å². The van der Waals surface area contributed by atoms with Crippen LogP contribution in [0.3, 0.4) is 0 Å². The second-order valence-electron chi connectivity index (χ2n) is 17.9. The highest BCUT2D eigenvalue weighted by Gasteiger charge is 2.31. The predicted molar refractivity (Wildman–Crippen MR) is 254 cm³/mol. The average molecular weight is 835 g/mol. The number of hydrogen-bond acceptors (Lipinski definition) is 6. The van der Waals surface area contributed by atoms with E-state index in [0.29, 0.717) is 34.5 Å². The third-order valence-corrected chi connectivity index (χ3v) is 11.8. The summed E-state index contributed by atoms with van der Waals surface area (Å²) in [5.41, 5.74) is 16.7. The minimum Gasteiger partial charge on any atom is -0.423 e. The van der Waals surface area contributed by atoms with Crippen molar-refractivity contribution < 1.29 is 28.4 Å². The zero-order valence-corrected chi connectivity index (χ0v) is 39.8. The van der Waals surface area contributed by atoms with E-state index >= 15 is 0 Å². The maximum Gasteiger partial charge on any atom is 0.406 e. The smallest absolute Gasteiger partial charge is 0.406 e. The van der Waals surface area contributed by atoms with Gasteiger partial charge in [-0.25, -0.2) is 0 Å². The lowest BCUT2D eigenvalue weighted by atomic mass is 9.83. The third kappa shape index (κ3) is 10.2. The van der Waals surface area contributed by atoms with Crippen molar-refractivity contribution in [2.75, 3.05) is 0 Å². The van der Waals surface area contributed by atoms with Crippen LogP contribution in [-0.2, 0) is 0 Å². The molecule has 6 nitrogen and oxygen atoms in total. The van der Waals surface area contributed by atoms with E-state index in [-0.39, 0.29) is 11.8 Å². The van der Waals surface area contributed by atoms with Crippen LogP contribution in [0, 0.1) is 83.1 Å². The zero-order chi connectivity index (χ0) is 45.2. The predicted octanol–water partition coefficient (Wildman–Crippen LogP) is 14.9. The first-order valence-corrected chi connectivity index (χ1v) is 21.9. The van der Waals surface area contributed by atoms with Gasteiger partial charge in [0.25, 0.3) is 0 Å². The van der Waals surface area contributed by atoms with Crippen LogP contribution < -0.4 is 28.4 Å². The SMILES string of the molecule is Cc1ccc(OC(Oc2ccc(C)cc2C)Oc2c(C(C)C)cc(C)c(C)c2-c2c(C)c(C)cc(C(C)C)c2OC(Oc2ccc(C)cc2C)Oc2ccc(C)cc2C)c(C)c1. The molecule has 6 aromatic carbocycles. The maximum atomic E-state index is 7.24. The average Bonchev–Trinajstić information content (AvgIpc) is 3.19. The van der Waals surface area contributed by atoms with Gasteiger partial charge in [-0.15, -0.1) is 0 Å². The first-order valence-electron chi connectivity index (χ1n) is 21.9. The third-order valence-electron chi connectivity index (χ3n) is 11.8. The molecule has 0 amide bonds. The summed E-state index contributed by atoms with van der Waals surface area (Å²) in [4.78, 5) is 0. The molecule has 0 saturated heterocycles. The highest BCUT2D eigenvalue weighted by molar-refractivity contribution is 5.85. The highest BCUT2D eigenvalue weighted by atomic mass is 16.9. The summed E-state index contributed by atoms with van der Waals surface area (Å²) >= 11 is 0. The molecule has 0 saturated carbocycles. The molecule has 326 valence electrons. The Morgan fingerprint density at radius 2 is 0.565 bits per heavy atom. The Balaban J connectivity index is 1.60. The van der Waals surface area contributed by atoms with E-state index in [1.54, 1.807) is 0 Å². The summed E-state index contributed by atoms with van der Waals surface area (Å²) in [5, 5.41) is 0. The molecule has 0 N–H and O–H groups in total. The van der Waals surface area contributed by atoms with Crippen LogP contribution in [0.1, 0.15) is 117 Å². The molecular formula is C56H66O6. The molecule has 0 aromatic heterocycles. The Labute approximate surface area is 371 Å². The van der Waals surface area contributed by atoms with Crippen molar-refractivity contribution in [2.45, 2.75) is 136 Å². The summed E-state index contributed by atoms with van der Waals surface area (Å²) in [6.45, 7) is 31.6. The Bertz CT molecular complexity index is 2290. The molecule has 0 atom stereocenters. The molecule has 0 aliphatic carbocycles. The van der Waals surface area contributed by atoms with Gasteiger partial charge < -0.3 is 28.4 Å². The van der Waals surface area contributed by atoms with Crippen molar-refractivity contribution in [1.29, 1.82) is 0 Å². The molecule has 0 radical (unpaired) electrons. The van der Waals surface area contributed by atoms with E-state index in [1.807, 2.05) is 76.2 Å². The quantitative estimate of drug-likeness (QED) is 0.0961. The Morgan fingerprint density at radius 3 is 0.790 bits per heavy atom. The van der Waals surface area contributed by atoms with Crippen LogP contribution in [0.15, 0.2) is 84.9 Å². The summed E-state index contributed by atoms with van der Waals surface area (Å²) in [6.07, 6.45) is 0. The molecular weight excluding hydrogens is 769 g/mol. The van der Waals surface area contributed by atoms with E-state index in [0.717, 1.165) is 89.0 Å². The number of hydrogen-bond donors (Lipinski definition) is 0. The van der Waals surface area contributed by atoms with Gasteiger partial charge in [-0.3, -0.25) is 0 Å². The van der Waals surface area contributed by atoms with Gasteiger partial charge in [-0.1, -0.05) is 111 Å². The van der Waals surface area contributed by atoms with E-state index in [4.69, 9.17) is 28.4 Å². The largest absolute Gasteiger partial charge is 0.423 e. The molecule has 0 unspecified atom stereocenters. The fourth-order valence-electron chi connectivity index (χ4n) is 8.03. The molecule has 0 aliphatic heterocycles. The van der Waals surface area contributed by atoms with Crippen molar-refractivity contribution in [1.82, 2.24) is 0 Å². The zero-order valence-electron chi connectivity index (χ0n) is 39.8. The van der Waals surface area contributed by atoms with Crippen LogP contribution >= 0.6 is 0 Å². The maximum absolute atomic E-state index is 7.24. The van der Waals surface area contributed by atoms with Crippen LogP contribution in [0.2, 0.25) is 0 Å². The monoisotopic (exact) mass is 834 g/mol. The Hall–Kier alpha value is -5.88. The Kier molecular flexibility index (Phi) is 14.0. The summed E-state index contributed by atoms with van der Waals surface area (Å²) < 4.78 is 41.5. The second kappa shape index (κ2) is 19.0. The van der Waals surface area contributed by atoms with Crippen molar-refractivity contribution >= 4 is 0 Å². The minimum atomic E-state index is -1.15. The van der Waals surface area contributed by atoms with Crippen molar-refractivity contribution in [3.8, 4) is 45.6 Å². The summed E-state index contributed by atoms with van der Waals surface area (Å²) in [5.74, 6) is 4.20. The number of ether oxygens (including phenoxy) is 6. The molecule has 0 spiro atoms. The molecule has 0 fully saturated rings. The van der Waals surface area contributed by atoms with Crippen molar-refractivity contribution in [3.05, 3.63) is 163 Å². The molecule has 0 bridgehead atoms. The lowest BCUT2D eigenvalue weighted by Crippen LogP contribution is -2.32. The standard InChI is InChI=1S/C56H66O6/c1-31(2)45-29-37(9)43(15)51(53(45)61-55(57-47-21-17-33(5)25-39(47)11)58-48-22-18-34(6)26-40(48)12)52-44(16)38(10)30-46(32(3)4)54(52)62-56(59-49-23-19-35(7)27-41(49)13)60-50-24-20-36(8)28-42(50)14/h17-32,55-56H,1-16H3. The summed E-state index contributed by atoms with van der Waals surface area (Å²) in [7, 11) is 0. The fraction of sp³-hybridized carbons (Fsp3) is 0.357.